The summed E-state index contributed by atoms with van der Waals surface area (Å²) in [6, 6.07) is 9.27. The molecule has 0 radical (unpaired) electrons. The molecule has 1 amide bonds. The lowest BCUT2D eigenvalue weighted by Crippen LogP contribution is -2.37. The van der Waals surface area contributed by atoms with E-state index in [4.69, 9.17) is 19.2 Å². The van der Waals surface area contributed by atoms with Crippen LogP contribution < -0.4 is 19.7 Å². The van der Waals surface area contributed by atoms with Crippen LogP contribution in [0.2, 0.25) is 0 Å². The average molecular weight is 419 g/mol. The Bertz CT molecular complexity index is 1090. The highest BCUT2D eigenvalue weighted by molar-refractivity contribution is 5.99. The van der Waals surface area contributed by atoms with Crippen molar-refractivity contribution in [3.8, 4) is 22.8 Å². The normalized spacial score (nSPS) is 15.0. The third-order valence-electron chi connectivity index (χ3n) is 5.16. The summed E-state index contributed by atoms with van der Waals surface area (Å²) in [5, 5.41) is 2.95. The second-order valence-electron chi connectivity index (χ2n) is 7.14. The van der Waals surface area contributed by atoms with E-state index in [0.717, 1.165) is 11.1 Å². The van der Waals surface area contributed by atoms with Gasteiger partial charge in [-0.1, -0.05) is 6.07 Å². The molecule has 3 aromatic rings. The van der Waals surface area contributed by atoms with Gasteiger partial charge in [-0.2, -0.15) is 0 Å². The fraction of sp³-hybridized carbons (Fsp3) is 0.273. The van der Waals surface area contributed by atoms with Crippen LogP contribution in [0.1, 0.15) is 15.9 Å². The number of rotatable bonds is 5. The van der Waals surface area contributed by atoms with E-state index in [2.05, 4.69) is 20.2 Å². The maximum Gasteiger partial charge on any atom is 0.255 e. The van der Waals surface area contributed by atoms with Crippen LogP contribution in [0, 0.1) is 0 Å². The predicted octanol–water partition coefficient (Wildman–Crippen LogP) is 2.03. The van der Waals surface area contributed by atoms with Crippen LogP contribution in [0.25, 0.3) is 11.3 Å². The molecule has 2 aromatic heterocycles. The van der Waals surface area contributed by atoms with Crippen molar-refractivity contribution in [2.75, 3.05) is 38.0 Å². The molecule has 0 unspecified atom stereocenters. The first kappa shape index (κ1) is 19.3. The maximum absolute atomic E-state index is 13.0. The molecule has 9 nitrogen and oxygen atoms in total. The quantitative estimate of drug-likeness (QED) is 0.671. The Hall–Kier alpha value is -3.72. The molecular weight excluding hydrogens is 398 g/mol. The topological polar surface area (TPSA) is 98.7 Å². The van der Waals surface area contributed by atoms with E-state index in [0.29, 0.717) is 61.6 Å². The molecule has 158 valence electrons. The van der Waals surface area contributed by atoms with Crippen molar-refractivity contribution >= 4 is 11.9 Å². The summed E-state index contributed by atoms with van der Waals surface area (Å²) in [5.74, 6) is 1.73. The predicted molar refractivity (Wildman–Crippen MR) is 112 cm³/mol. The van der Waals surface area contributed by atoms with Crippen molar-refractivity contribution < 1.29 is 19.0 Å². The first-order chi connectivity index (χ1) is 15.3. The molecule has 2 aliphatic heterocycles. The molecule has 2 aliphatic rings. The molecule has 0 saturated carbocycles. The number of benzene rings is 1. The van der Waals surface area contributed by atoms with Gasteiger partial charge >= 0.3 is 0 Å². The Balaban J connectivity index is 1.39. The van der Waals surface area contributed by atoms with Crippen LogP contribution in [-0.2, 0) is 11.3 Å². The lowest BCUT2D eigenvalue weighted by atomic mass is 10.1. The Labute approximate surface area is 179 Å². The van der Waals surface area contributed by atoms with Gasteiger partial charge in [0.25, 0.3) is 5.91 Å². The lowest BCUT2D eigenvalue weighted by Gasteiger charge is -2.27. The third kappa shape index (κ3) is 4.13. The highest BCUT2D eigenvalue weighted by Crippen LogP contribution is 2.32. The minimum absolute atomic E-state index is 0.216. The molecule has 4 heterocycles. The SMILES string of the molecule is O=C(NCc1ccc2c(c1)OCO2)c1cnc(N2CCOCC2)nc1-c1ccncc1. The molecular formula is C22H21N5O4. The highest BCUT2D eigenvalue weighted by Gasteiger charge is 2.20. The number of carbonyl (C=O) groups excluding carboxylic acids is 1. The number of fused-ring (bicyclic) bond motifs is 1. The summed E-state index contributed by atoms with van der Waals surface area (Å²) >= 11 is 0. The van der Waals surface area contributed by atoms with Crippen LogP contribution in [0.15, 0.2) is 48.9 Å². The number of anilines is 1. The number of hydrogen-bond donors (Lipinski definition) is 1. The fourth-order valence-electron chi connectivity index (χ4n) is 3.51. The van der Waals surface area contributed by atoms with Gasteiger partial charge in [-0.05, 0) is 29.8 Å². The zero-order valence-corrected chi connectivity index (χ0v) is 16.8. The Kier molecular flexibility index (Phi) is 5.32. The summed E-state index contributed by atoms with van der Waals surface area (Å²) in [6.07, 6.45) is 4.95. The maximum atomic E-state index is 13.0. The average Bonchev–Trinajstić information content (AvgIpc) is 3.31. The smallest absolute Gasteiger partial charge is 0.255 e. The molecule has 0 bridgehead atoms. The summed E-state index contributed by atoms with van der Waals surface area (Å²) in [5.41, 5.74) is 2.69. The first-order valence-electron chi connectivity index (χ1n) is 10.0. The van der Waals surface area contributed by atoms with Crippen LogP contribution >= 0.6 is 0 Å². The van der Waals surface area contributed by atoms with E-state index >= 15 is 0 Å². The molecule has 1 N–H and O–H groups in total. The number of amides is 1. The number of aromatic nitrogens is 3. The fourth-order valence-corrected chi connectivity index (χ4v) is 3.51. The van der Waals surface area contributed by atoms with Crippen molar-refractivity contribution in [1.29, 1.82) is 0 Å². The van der Waals surface area contributed by atoms with E-state index in [1.807, 2.05) is 30.3 Å². The van der Waals surface area contributed by atoms with Crippen molar-refractivity contribution in [2.45, 2.75) is 6.54 Å². The van der Waals surface area contributed by atoms with Crippen molar-refractivity contribution in [3.05, 3.63) is 60.0 Å². The largest absolute Gasteiger partial charge is 0.454 e. The summed E-state index contributed by atoms with van der Waals surface area (Å²) in [6.45, 7) is 3.25. The molecule has 0 atom stereocenters. The van der Waals surface area contributed by atoms with Crippen LogP contribution in [0.5, 0.6) is 11.5 Å². The molecule has 1 fully saturated rings. The van der Waals surface area contributed by atoms with E-state index in [1.165, 1.54) is 0 Å². The highest BCUT2D eigenvalue weighted by atomic mass is 16.7. The van der Waals surface area contributed by atoms with Crippen molar-refractivity contribution in [1.82, 2.24) is 20.3 Å². The van der Waals surface area contributed by atoms with Gasteiger partial charge in [0, 0.05) is 43.8 Å². The summed E-state index contributed by atoms with van der Waals surface area (Å²) < 4.78 is 16.1. The number of hydrogen-bond acceptors (Lipinski definition) is 8. The van der Waals surface area contributed by atoms with Crippen LogP contribution in [0.4, 0.5) is 5.95 Å². The van der Waals surface area contributed by atoms with Crippen LogP contribution in [0.3, 0.4) is 0 Å². The van der Waals surface area contributed by atoms with E-state index in [1.54, 1.807) is 18.6 Å². The van der Waals surface area contributed by atoms with Gasteiger partial charge < -0.3 is 24.4 Å². The van der Waals surface area contributed by atoms with Gasteiger partial charge in [-0.3, -0.25) is 9.78 Å². The minimum atomic E-state index is -0.252. The molecule has 0 aliphatic carbocycles. The Morgan fingerprint density at radius 3 is 2.71 bits per heavy atom. The minimum Gasteiger partial charge on any atom is -0.454 e. The summed E-state index contributed by atoms with van der Waals surface area (Å²) in [4.78, 5) is 28.3. The number of pyridine rings is 1. The second-order valence-corrected chi connectivity index (χ2v) is 7.14. The standard InChI is InChI=1S/C22H21N5O4/c28-21(24-12-15-1-2-18-19(11-15)31-14-30-18)17-13-25-22(27-7-9-29-10-8-27)26-20(17)16-3-5-23-6-4-16/h1-6,11,13H,7-10,12,14H2,(H,24,28). The molecule has 1 aromatic carbocycles. The van der Waals surface area contributed by atoms with Gasteiger partial charge in [0.2, 0.25) is 12.7 Å². The molecule has 0 spiro atoms. The van der Waals surface area contributed by atoms with Crippen molar-refractivity contribution in [2.24, 2.45) is 0 Å². The Morgan fingerprint density at radius 1 is 1.06 bits per heavy atom. The molecule has 1 saturated heterocycles. The third-order valence-corrected chi connectivity index (χ3v) is 5.16. The van der Waals surface area contributed by atoms with Gasteiger partial charge in [0.1, 0.15) is 0 Å². The van der Waals surface area contributed by atoms with Gasteiger partial charge in [-0.25, -0.2) is 9.97 Å². The number of nitrogens with zero attached hydrogens (tertiary/aromatic N) is 4. The number of ether oxygens (including phenoxy) is 3. The zero-order chi connectivity index (χ0) is 21.0. The summed E-state index contributed by atoms with van der Waals surface area (Å²) in [7, 11) is 0. The molecule has 5 rings (SSSR count). The first-order valence-corrected chi connectivity index (χ1v) is 10.0. The Morgan fingerprint density at radius 2 is 1.87 bits per heavy atom. The number of morpholine rings is 1. The monoisotopic (exact) mass is 419 g/mol. The molecule has 9 heteroatoms. The van der Waals surface area contributed by atoms with Gasteiger partial charge in [-0.15, -0.1) is 0 Å². The van der Waals surface area contributed by atoms with Gasteiger partial charge in [0.05, 0.1) is 24.5 Å². The van der Waals surface area contributed by atoms with Crippen LogP contribution in [-0.4, -0.2) is 54.0 Å². The number of nitrogens with one attached hydrogen (secondary N) is 1. The van der Waals surface area contributed by atoms with Crippen molar-refractivity contribution in [3.63, 3.8) is 0 Å². The van der Waals surface area contributed by atoms with E-state index in [9.17, 15) is 4.79 Å². The molecule has 31 heavy (non-hydrogen) atoms. The lowest BCUT2D eigenvalue weighted by molar-refractivity contribution is 0.0950. The van der Waals surface area contributed by atoms with E-state index < -0.39 is 0 Å². The van der Waals surface area contributed by atoms with Gasteiger partial charge in [0.15, 0.2) is 11.5 Å². The zero-order valence-electron chi connectivity index (χ0n) is 16.8. The van der Waals surface area contributed by atoms with E-state index in [-0.39, 0.29) is 12.7 Å². The number of carbonyl (C=O) groups is 1. The second kappa shape index (κ2) is 8.57.